The van der Waals surface area contributed by atoms with Crippen LogP contribution in [0.25, 0.3) is 0 Å². The predicted molar refractivity (Wildman–Crippen MR) is 99.9 cm³/mol. The highest BCUT2D eigenvalue weighted by atomic mass is 16.7. The minimum atomic E-state index is -1.69. The summed E-state index contributed by atoms with van der Waals surface area (Å²) >= 11 is 0. The van der Waals surface area contributed by atoms with E-state index in [9.17, 15) is 40.5 Å². The van der Waals surface area contributed by atoms with Crippen molar-refractivity contribution in [2.75, 3.05) is 6.61 Å². The first-order chi connectivity index (χ1) is 14.7. The predicted octanol–water partition coefficient (Wildman–Crippen LogP) is -0.350. The van der Waals surface area contributed by atoms with Gasteiger partial charge < -0.3 is 50.0 Å². The van der Waals surface area contributed by atoms with Crippen molar-refractivity contribution in [2.45, 2.75) is 36.8 Å². The van der Waals surface area contributed by atoms with E-state index < -0.39 is 59.8 Å². The Balaban J connectivity index is 1.74. The minimum Gasteiger partial charge on any atom is -0.508 e. The number of phenolic OH excluding ortho intramolecular Hbond substituents is 4. The first kappa shape index (κ1) is 21.2. The Morgan fingerprint density at radius 3 is 2.35 bits per heavy atom. The number of aromatic hydroxyl groups is 4. The molecule has 0 amide bonds. The SMILES string of the molecule is O=C1c2c(O)cc(O)cc2O[C@H](c2ccc(O)c(O)c2)[C@@H]1O[C@@H]1OC[C@H](O)[C@@H](O)[C@@H]1O. The average Bonchev–Trinajstić information content (AvgIpc) is 2.71. The molecule has 11 heteroatoms. The first-order valence-corrected chi connectivity index (χ1v) is 9.27. The number of aliphatic hydroxyl groups is 3. The van der Waals surface area contributed by atoms with Gasteiger partial charge in [-0.1, -0.05) is 6.07 Å². The molecule has 1 fully saturated rings. The quantitative estimate of drug-likeness (QED) is 0.312. The molecule has 31 heavy (non-hydrogen) atoms. The van der Waals surface area contributed by atoms with E-state index in [1.54, 1.807) is 0 Å². The van der Waals surface area contributed by atoms with Gasteiger partial charge in [-0.15, -0.1) is 0 Å². The van der Waals surface area contributed by atoms with Crippen LogP contribution in [-0.2, 0) is 9.47 Å². The highest BCUT2D eigenvalue weighted by molar-refractivity contribution is 6.05. The molecule has 0 aromatic heterocycles. The van der Waals surface area contributed by atoms with Crippen molar-refractivity contribution in [1.82, 2.24) is 0 Å². The molecule has 2 aliphatic heterocycles. The molecule has 166 valence electrons. The maximum atomic E-state index is 13.2. The van der Waals surface area contributed by atoms with Gasteiger partial charge in [0.2, 0.25) is 5.78 Å². The molecule has 0 unspecified atom stereocenters. The highest BCUT2D eigenvalue weighted by Gasteiger charge is 2.46. The lowest BCUT2D eigenvalue weighted by Gasteiger charge is -2.39. The van der Waals surface area contributed by atoms with Gasteiger partial charge in [-0.25, -0.2) is 0 Å². The molecule has 6 atom stereocenters. The van der Waals surface area contributed by atoms with Crippen molar-refractivity contribution >= 4 is 5.78 Å². The second-order valence-corrected chi connectivity index (χ2v) is 7.30. The van der Waals surface area contributed by atoms with Gasteiger partial charge in [0.25, 0.3) is 0 Å². The van der Waals surface area contributed by atoms with Crippen molar-refractivity contribution < 1.29 is 54.8 Å². The number of rotatable bonds is 3. The van der Waals surface area contributed by atoms with Crippen LogP contribution in [-0.4, -0.2) is 78.8 Å². The topological polar surface area (TPSA) is 186 Å². The van der Waals surface area contributed by atoms with Gasteiger partial charge in [-0.2, -0.15) is 0 Å². The van der Waals surface area contributed by atoms with Crippen LogP contribution in [0.15, 0.2) is 30.3 Å². The largest absolute Gasteiger partial charge is 0.508 e. The van der Waals surface area contributed by atoms with Crippen molar-refractivity contribution in [3.8, 4) is 28.7 Å². The van der Waals surface area contributed by atoms with Crippen molar-refractivity contribution in [3.05, 3.63) is 41.5 Å². The molecule has 0 saturated carbocycles. The molecule has 0 spiro atoms. The summed E-state index contributed by atoms with van der Waals surface area (Å²) in [5.74, 6) is -2.78. The fourth-order valence-electron chi connectivity index (χ4n) is 3.54. The van der Waals surface area contributed by atoms with E-state index in [1.165, 1.54) is 6.07 Å². The summed E-state index contributed by atoms with van der Waals surface area (Å²) in [5, 5.41) is 69.0. The van der Waals surface area contributed by atoms with Gasteiger partial charge in [0.1, 0.15) is 41.1 Å². The summed E-state index contributed by atoms with van der Waals surface area (Å²) in [6, 6.07) is 5.71. The van der Waals surface area contributed by atoms with Gasteiger partial charge in [-0.3, -0.25) is 4.79 Å². The summed E-state index contributed by atoms with van der Waals surface area (Å²) in [7, 11) is 0. The molecule has 7 N–H and O–H groups in total. The van der Waals surface area contributed by atoms with Gasteiger partial charge in [-0.05, 0) is 17.7 Å². The number of fused-ring (bicyclic) bond motifs is 1. The Hall–Kier alpha value is -3.09. The third-order valence-corrected chi connectivity index (χ3v) is 5.16. The number of aliphatic hydroxyl groups excluding tert-OH is 3. The Bertz CT molecular complexity index is 1010. The third kappa shape index (κ3) is 3.73. The lowest BCUT2D eigenvalue weighted by molar-refractivity contribution is -0.283. The van der Waals surface area contributed by atoms with Crippen LogP contribution in [0.4, 0.5) is 0 Å². The fourth-order valence-corrected chi connectivity index (χ4v) is 3.54. The molecular formula is C20H20O11. The maximum Gasteiger partial charge on any atom is 0.203 e. The van der Waals surface area contributed by atoms with Gasteiger partial charge in [0.15, 0.2) is 30.0 Å². The number of carbonyl (C=O) groups is 1. The van der Waals surface area contributed by atoms with Crippen molar-refractivity contribution in [2.24, 2.45) is 0 Å². The summed E-state index contributed by atoms with van der Waals surface area (Å²) in [6.07, 6.45) is -8.95. The highest BCUT2D eigenvalue weighted by Crippen LogP contribution is 2.44. The number of Topliss-reactive ketones (excluding diaryl/α,β-unsaturated/α-hetero) is 1. The van der Waals surface area contributed by atoms with Crippen LogP contribution >= 0.6 is 0 Å². The zero-order valence-corrected chi connectivity index (χ0v) is 15.8. The molecule has 2 aromatic rings. The Morgan fingerprint density at radius 1 is 0.903 bits per heavy atom. The van der Waals surface area contributed by atoms with Crippen LogP contribution < -0.4 is 4.74 Å². The Morgan fingerprint density at radius 2 is 1.65 bits per heavy atom. The van der Waals surface area contributed by atoms with Crippen molar-refractivity contribution in [3.63, 3.8) is 0 Å². The second kappa shape index (κ2) is 7.87. The van der Waals surface area contributed by atoms with E-state index in [-0.39, 0.29) is 29.2 Å². The molecule has 0 aliphatic carbocycles. The number of phenols is 4. The van der Waals surface area contributed by atoms with Crippen molar-refractivity contribution in [1.29, 1.82) is 0 Å². The van der Waals surface area contributed by atoms with Crippen LogP contribution in [0.1, 0.15) is 22.0 Å². The number of benzene rings is 2. The summed E-state index contributed by atoms with van der Waals surface area (Å²) in [5.41, 5.74) is -0.0963. The summed E-state index contributed by atoms with van der Waals surface area (Å²) in [4.78, 5) is 13.2. The monoisotopic (exact) mass is 436 g/mol. The van der Waals surface area contributed by atoms with Crippen LogP contribution in [0.2, 0.25) is 0 Å². The molecule has 1 saturated heterocycles. The maximum absolute atomic E-state index is 13.2. The Kier molecular flexibility index (Phi) is 5.37. The number of ether oxygens (including phenoxy) is 3. The second-order valence-electron chi connectivity index (χ2n) is 7.30. The van der Waals surface area contributed by atoms with Crippen LogP contribution in [0.5, 0.6) is 28.7 Å². The fraction of sp³-hybridized carbons (Fsp3) is 0.350. The molecule has 0 radical (unpaired) electrons. The number of carbonyl (C=O) groups excluding carboxylic acids is 1. The first-order valence-electron chi connectivity index (χ1n) is 9.27. The average molecular weight is 436 g/mol. The lowest BCUT2D eigenvalue weighted by atomic mass is 9.92. The van der Waals surface area contributed by atoms with Gasteiger partial charge in [0, 0.05) is 12.1 Å². The molecule has 11 nitrogen and oxygen atoms in total. The third-order valence-electron chi connectivity index (χ3n) is 5.16. The van der Waals surface area contributed by atoms with E-state index in [0.717, 1.165) is 24.3 Å². The lowest BCUT2D eigenvalue weighted by Crippen LogP contribution is -2.56. The number of hydrogen-bond acceptors (Lipinski definition) is 11. The van der Waals surface area contributed by atoms with E-state index >= 15 is 0 Å². The van der Waals surface area contributed by atoms with Gasteiger partial charge in [0.05, 0.1) is 6.61 Å². The smallest absolute Gasteiger partial charge is 0.203 e. The van der Waals surface area contributed by atoms with E-state index in [4.69, 9.17) is 14.2 Å². The normalized spacial score (nSPS) is 30.5. The van der Waals surface area contributed by atoms with E-state index in [2.05, 4.69) is 0 Å². The van der Waals surface area contributed by atoms with E-state index in [0.29, 0.717) is 0 Å². The number of ketones is 1. The minimum absolute atomic E-state index is 0.152. The van der Waals surface area contributed by atoms with Crippen LogP contribution in [0.3, 0.4) is 0 Å². The summed E-state index contributed by atoms with van der Waals surface area (Å²) in [6.45, 7) is -0.370. The van der Waals surface area contributed by atoms with Gasteiger partial charge >= 0.3 is 0 Å². The van der Waals surface area contributed by atoms with Crippen LogP contribution in [0, 0.1) is 0 Å². The molecule has 0 bridgehead atoms. The van der Waals surface area contributed by atoms with E-state index in [1.807, 2.05) is 0 Å². The Labute approximate surface area is 174 Å². The summed E-state index contributed by atoms with van der Waals surface area (Å²) < 4.78 is 16.6. The molecule has 2 aromatic carbocycles. The zero-order valence-electron chi connectivity index (χ0n) is 15.8. The number of hydrogen-bond donors (Lipinski definition) is 7. The molecule has 2 aliphatic rings. The standard InChI is InChI=1S/C20H20O11/c21-8-4-11(24)14-13(5-8)30-18(7-1-2-9(22)10(23)3-7)19(16(14)27)31-20-17(28)15(26)12(25)6-29-20/h1-5,12,15,17-26,28H,6H2/t12-,15+,17-,18+,19+,20-/m0/s1. The molecular weight excluding hydrogens is 416 g/mol. The zero-order chi connectivity index (χ0) is 22.4. The molecule has 2 heterocycles. The molecule has 4 rings (SSSR count).